The van der Waals surface area contributed by atoms with Gasteiger partial charge in [0.25, 0.3) is 5.91 Å². The Morgan fingerprint density at radius 2 is 1.97 bits per heavy atom. The van der Waals surface area contributed by atoms with Crippen LogP contribution in [-0.2, 0) is 14.3 Å². The lowest BCUT2D eigenvalue weighted by atomic mass is 10.1. The van der Waals surface area contributed by atoms with Crippen molar-refractivity contribution in [3.8, 4) is 17.6 Å². The number of ether oxygens (including phenoxy) is 3. The fourth-order valence-corrected chi connectivity index (χ4v) is 3.31. The van der Waals surface area contributed by atoms with E-state index in [-0.39, 0.29) is 29.6 Å². The highest BCUT2D eigenvalue weighted by Gasteiger charge is 2.14. The van der Waals surface area contributed by atoms with Crippen molar-refractivity contribution < 1.29 is 23.8 Å². The van der Waals surface area contributed by atoms with Gasteiger partial charge in [0.15, 0.2) is 12.4 Å². The lowest BCUT2D eigenvalue weighted by Gasteiger charge is -2.11. The highest BCUT2D eigenvalue weighted by molar-refractivity contribution is 9.10. The third-order valence-electron chi connectivity index (χ3n) is 3.68. The van der Waals surface area contributed by atoms with Crippen molar-refractivity contribution in [2.24, 2.45) is 0 Å². The predicted molar refractivity (Wildman–Crippen MR) is 116 cm³/mol. The van der Waals surface area contributed by atoms with Crippen LogP contribution in [0.2, 0.25) is 5.02 Å². The van der Waals surface area contributed by atoms with E-state index in [1.807, 2.05) is 6.07 Å². The number of methoxy groups -OCH3 is 1. The van der Waals surface area contributed by atoms with Gasteiger partial charge in [0.1, 0.15) is 17.4 Å². The first-order valence-corrected chi connectivity index (χ1v) is 9.89. The molecule has 2 aromatic rings. The number of nitrogens with zero attached hydrogens (tertiary/aromatic N) is 1. The van der Waals surface area contributed by atoms with Crippen LogP contribution in [0.3, 0.4) is 0 Å². The van der Waals surface area contributed by atoms with E-state index in [0.717, 1.165) is 0 Å². The first-order valence-electron chi connectivity index (χ1n) is 8.72. The van der Waals surface area contributed by atoms with Crippen molar-refractivity contribution in [1.29, 1.82) is 5.26 Å². The van der Waals surface area contributed by atoms with Gasteiger partial charge in [-0.15, -0.1) is 0 Å². The molecule has 2 rings (SSSR count). The van der Waals surface area contributed by atoms with Crippen molar-refractivity contribution in [3.63, 3.8) is 0 Å². The molecule has 0 spiro atoms. The van der Waals surface area contributed by atoms with E-state index in [1.54, 1.807) is 44.4 Å². The van der Waals surface area contributed by atoms with Crippen LogP contribution in [0.5, 0.6) is 11.5 Å². The molecular formula is C21H18BrClN2O5. The number of amides is 1. The smallest absolute Gasteiger partial charge is 0.344 e. The third-order valence-corrected chi connectivity index (χ3v) is 4.55. The number of esters is 1. The Kier molecular flexibility index (Phi) is 8.71. The van der Waals surface area contributed by atoms with Crippen LogP contribution >= 0.6 is 27.5 Å². The van der Waals surface area contributed by atoms with Gasteiger partial charge in [-0.1, -0.05) is 11.6 Å². The van der Waals surface area contributed by atoms with Gasteiger partial charge in [0, 0.05) is 5.69 Å². The Balaban J connectivity index is 2.17. The van der Waals surface area contributed by atoms with Crippen molar-refractivity contribution in [1.82, 2.24) is 0 Å². The van der Waals surface area contributed by atoms with Crippen LogP contribution in [0.4, 0.5) is 5.69 Å². The van der Waals surface area contributed by atoms with Gasteiger partial charge in [-0.2, -0.15) is 5.26 Å². The lowest BCUT2D eigenvalue weighted by Crippen LogP contribution is -2.15. The number of hydrogen-bond donors (Lipinski definition) is 1. The second kappa shape index (κ2) is 11.2. The largest absolute Gasteiger partial charge is 0.497 e. The van der Waals surface area contributed by atoms with Crippen LogP contribution in [0.25, 0.3) is 6.08 Å². The first-order chi connectivity index (χ1) is 14.4. The molecule has 0 aliphatic carbocycles. The minimum absolute atomic E-state index is 0.117. The maximum absolute atomic E-state index is 12.4. The van der Waals surface area contributed by atoms with E-state index in [9.17, 15) is 14.9 Å². The number of rotatable bonds is 8. The summed E-state index contributed by atoms with van der Waals surface area (Å²) in [6, 6.07) is 11.7. The molecule has 7 nitrogen and oxygen atoms in total. The third kappa shape index (κ3) is 6.51. The van der Waals surface area contributed by atoms with Crippen LogP contribution in [-0.4, -0.2) is 32.2 Å². The monoisotopic (exact) mass is 492 g/mol. The average Bonchev–Trinajstić information content (AvgIpc) is 2.72. The normalized spacial score (nSPS) is 10.7. The summed E-state index contributed by atoms with van der Waals surface area (Å²) in [6.45, 7) is 1.64. The molecule has 0 saturated carbocycles. The number of nitrogens with one attached hydrogen (secondary N) is 1. The number of benzene rings is 2. The fourth-order valence-electron chi connectivity index (χ4n) is 2.32. The van der Waals surface area contributed by atoms with Crippen LogP contribution in [0, 0.1) is 11.3 Å². The van der Waals surface area contributed by atoms with Gasteiger partial charge in [0.05, 0.1) is 23.2 Å². The molecule has 0 fully saturated rings. The Morgan fingerprint density at radius 1 is 1.27 bits per heavy atom. The minimum Gasteiger partial charge on any atom is -0.497 e. The Morgan fingerprint density at radius 3 is 2.53 bits per heavy atom. The number of hydrogen-bond acceptors (Lipinski definition) is 6. The van der Waals surface area contributed by atoms with Crippen LogP contribution in [0.15, 0.2) is 46.4 Å². The summed E-state index contributed by atoms with van der Waals surface area (Å²) in [5, 5.41) is 12.2. The van der Waals surface area contributed by atoms with E-state index >= 15 is 0 Å². The van der Waals surface area contributed by atoms with Crippen molar-refractivity contribution in [2.45, 2.75) is 6.92 Å². The molecule has 30 heavy (non-hydrogen) atoms. The SMILES string of the molecule is CCOC(=O)COc1c(Cl)cc(/C=C(/C#N)C(=O)Nc2ccc(OC)cc2)cc1Br. The highest BCUT2D eigenvalue weighted by Crippen LogP contribution is 2.35. The van der Waals surface area contributed by atoms with Crippen molar-refractivity contribution in [2.75, 3.05) is 25.6 Å². The molecule has 0 heterocycles. The summed E-state index contributed by atoms with van der Waals surface area (Å²) in [5.41, 5.74) is 0.898. The van der Waals surface area contributed by atoms with E-state index < -0.39 is 11.9 Å². The second-order valence-electron chi connectivity index (χ2n) is 5.76. The molecule has 2 aromatic carbocycles. The molecule has 0 saturated heterocycles. The maximum Gasteiger partial charge on any atom is 0.344 e. The second-order valence-corrected chi connectivity index (χ2v) is 7.02. The maximum atomic E-state index is 12.4. The number of halogens is 2. The Labute approximate surface area is 187 Å². The summed E-state index contributed by atoms with van der Waals surface area (Å²) in [7, 11) is 1.54. The standard InChI is InChI=1S/C21H18BrClN2O5/c1-3-29-19(26)12-30-20-17(22)9-13(10-18(20)23)8-14(11-24)21(27)25-15-4-6-16(28-2)7-5-15/h4-10H,3,12H2,1-2H3,(H,25,27)/b14-8-. The van der Waals surface area contributed by atoms with Gasteiger partial charge in [-0.3, -0.25) is 4.79 Å². The van der Waals surface area contributed by atoms with Crippen molar-refractivity contribution >= 4 is 51.2 Å². The molecule has 0 atom stereocenters. The summed E-state index contributed by atoms with van der Waals surface area (Å²) in [6.07, 6.45) is 1.39. The van der Waals surface area contributed by atoms with Crippen LogP contribution < -0.4 is 14.8 Å². The molecule has 0 aliphatic heterocycles. The molecular weight excluding hydrogens is 476 g/mol. The summed E-state index contributed by atoms with van der Waals surface area (Å²) >= 11 is 9.55. The van der Waals surface area contributed by atoms with Gasteiger partial charge < -0.3 is 19.5 Å². The van der Waals surface area contributed by atoms with Gasteiger partial charge in [-0.05, 0) is 70.9 Å². The van der Waals surface area contributed by atoms with Crippen LogP contribution in [0.1, 0.15) is 12.5 Å². The molecule has 1 amide bonds. The summed E-state index contributed by atoms with van der Waals surface area (Å²) < 4.78 is 15.7. The molecule has 0 unspecified atom stereocenters. The minimum atomic E-state index is -0.572. The van der Waals surface area contributed by atoms with E-state index in [1.165, 1.54) is 12.1 Å². The van der Waals surface area contributed by atoms with E-state index in [2.05, 4.69) is 21.2 Å². The zero-order chi connectivity index (χ0) is 22.1. The molecule has 9 heteroatoms. The summed E-state index contributed by atoms with van der Waals surface area (Å²) in [5.74, 6) is -0.194. The molecule has 1 N–H and O–H groups in total. The quantitative estimate of drug-likeness (QED) is 0.328. The molecule has 0 radical (unpaired) electrons. The van der Waals surface area contributed by atoms with Gasteiger partial charge >= 0.3 is 5.97 Å². The number of nitriles is 1. The van der Waals surface area contributed by atoms with E-state index in [4.69, 9.17) is 25.8 Å². The van der Waals surface area contributed by atoms with Crippen molar-refractivity contribution in [3.05, 3.63) is 57.0 Å². The summed E-state index contributed by atoms with van der Waals surface area (Å²) in [4.78, 5) is 23.9. The Hall–Kier alpha value is -3.02. The lowest BCUT2D eigenvalue weighted by molar-refractivity contribution is -0.145. The molecule has 156 valence electrons. The number of carbonyl (C=O) groups excluding carboxylic acids is 2. The molecule has 0 bridgehead atoms. The predicted octanol–water partition coefficient (Wildman–Crippen LogP) is 4.60. The first kappa shape index (κ1) is 23.3. The average molecular weight is 494 g/mol. The zero-order valence-electron chi connectivity index (χ0n) is 16.2. The Bertz CT molecular complexity index is 976. The van der Waals surface area contributed by atoms with Gasteiger partial charge in [-0.25, -0.2) is 4.79 Å². The van der Waals surface area contributed by atoms with Gasteiger partial charge in [0.2, 0.25) is 0 Å². The molecule has 0 aromatic heterocycles. The highest BCUT2D eigenvalue weighted by atomic mass is 79.9. The fraction of sp³-hybridized carbons (Fsp3) is 0.190. The number of carbonyl (C=O) groups is 2. The number of anilines is 1. The zero-order valence-corrected chi connectivity index (χ0v) is 18.5. The topological polar surface area (TPSA) is 97.7 Å². The molecule has 0 aliphatic rings. The van der Waals surface area contributed by atoms with E-state index in [0.29, 0.717) is 21.5 Å².